The van der Waals surface area contributed by atoms with Gasteiger partial charge >= 0.3 is 5.97 Å². The molecule has 0 atom stereocenters. The quantitative estimate of drug-likeness (QED) is 0.726. The summed E-state index contributed by atoms with van der Waals surface area (Å²) in [5.41, 5.74) is 3.23. The van der Waals surface area contributed by atoms with Gasteiger partial charge in [0, 0.05) is 12.1 Å². The monoisotopic (exact) mass is 356 g/mol. The van der Waals surface area contributed by atoms with Crippen LogP contribution in [-0.2, 0) is 6.54 Å². The average Bonchev–Trinajstić information content (AvgIpc) is 2.72. The number of aromatic carboxylic acids is 1. The van der Waals surface area contributed by atoms with Crippen LogP contribution in [0.5, 0.6) is 0 Å². The standard InChI is InChI=1S/C22H16N2O3/c23-13-15-6-8-16(9-7-15)14-24-21(25)19-10-18(11-20(12-19)22(26)27)17-4-2-1-3-5-17/h1-12H,14H2,(H,24,25)(H,26,27). The van der Waals surface area contributed by atoms with Crippen LogP contribution in [0.2, 0.25) is 0 Å². The van der Waals surface area contributed by atoms with E-state index in [1.54, 1.807) is 36.4 Å². The van der Waals surface area contributed by atoms with Crippen LogP contribution in [0.25, 0.3) is 11.1 Å². The van der Waals surface area contributed by atoms with Crippen LogP contribution in [-0.4, -0.2) is 17.0 Å². The third-order valence-corrected chi connectivity index (χ3v) is 4.09. The Morgan fingerprint density at radius 2 is 1.56 bits per heavy atom. The highest BCUT2D eigenvalue weighted by atomic mass is 16.4. The molecule has 0 aliphatic heterocycles. The van der Waals surface area contributed by atoms with Crippen molar-refractivity contribution in [2.45, 2.75) is 6.54 Å². The third kappa shape index (κ3) is 4.39. The van der Waals surface area contributed by atoms with Crippen molar-refractivity contribution < 1.29 is 14.7 Å². The molecule has 3 aromatic carbocycles. The van der Waals surface area contributed by atoms with Crippen LogP contribution >= 0.6 is 0 Å². The molecular weight excluding hydrogens is 340 g/mol. The molecule has 5 nitrogen and oxygen atoms in total. The number of carbonyl (C=O) groups excluding carboxylic acids is 1. The summed E-state index contributed by atoms with van der Waals surface area (Å²) in [5.74, 6) is -1.45. The molecule has 0 bridgehead atoms. The van der Waals surface area contributed by atoms with Gasteiger partial charge in [0.05, 0.1) is 17.2 Å². The number of nitrogens with one attached hydrogen (secondary N) is 1. The van der Waals surface area contributed by atoms with Crippen LogP contribution in [0.3, 0.4) is 0 Å². The molecule has 0 spiro atoms. The summed E-state index contributed by atoms with van der Waals surface area (Å²) in [4.78, 5) is 24.0. The number of nitriles is 1. The van der Waals surface area contributed by atoms with E-state index in [1.165, 1.54) is 6.07 Å². The molecule has 3 aromatic rings. The van der Waals surface area contributed by atoms with Gasteiger partial charge in [0.2, 0.25) is 0 Å². The predicted octanol–water partition coefficient (Wildman–Crippen LogP) is 3.85. The Morgan fingerprint density at radius 1 is 0.889 bits per heavy atom. The summed E-state index contributed by atoms with van der Waals surface area (Å²) >= 11 is 0. The van der Waals surface area contributed by atoms with Gasteiger partial charge in [0.1, 0.15) is 0 Å². The lowest BCUT2D eigenvalue weighted by atomic mass is 9.99. The van der Waals surface area contributed by atoms with Crippen molar-refractivity contribution in [1.29, 1.82) is 5.26 Å². The van der Waals surface area contributed by atoms with Crippen molar-refractivity contribution in [2.24, 2.45) is 0 Å². The molecule has 132 valence electrons. The zero-order chi connectivity index (χ0) is 19.2. The summed E-state index contributed by atoms with van der Waals surface area (Å²) in [6.45, 7) is 0.280. The van der Waals surface area contributed by atoms with E-state index in [-0.39, 0.29) is 23.6 Å². The number of benzene rings is 3. The molecule has 0 radical (unpaired) electrons. The molecular formula is C22H16N2O3. The van der Waals surface area contributed by atoms with E-state index in [0.29, 0.717) is 11.1 Å². The Kier molecular flexibility index (Phi) is 5.29. The number of carbonyl (C=O) groups is 2. The van der Waals surface area contributed by atoms with E-state index in [4.69, 9.17) is 5.26 Å². The second-order valence-corrected chi connectivity index (χ2v) is 5.96. The smallest absolute Gasteiger partial charge is 0.335 e. The summed E-state index contributed by atoms with van der Waals surface area (Å²) in [7, 11) is 0. The molecule has 0 unspecified atom stereocenters. The summed E-state index contributed by atoms with van der Waals surface area (Å²) in [6, 6.07) is 22.8. The fraction of sp³-hybridized carbons (Fsp3) is 0.0455. The minimum atomic E-state index is -1.09. The molecule has 1 amide bonds. The molecule has 0 aromatic heterocycles. The first-order valence-electron chi connectivity index (χ1n) is 8.28. The van der Waals surface area contributed by atoms with Gasteiger partial charge < -0.3 is 10.4 Å². The molecule has 0 saturated carbocycles. The molecule has 2 N–H and O–H groups in total. The molecule has 0 saturated heterocycles. The first kappa shape index (κ1) is 17.9. The van der Waals surface area contributed by atoms with Gasteiger partial charge in [-0.1, -0.05) is 42.5 Å². The average molecular weight is 356 g/mol. The lowest BCUT2D eigenvalue weighted by molar-refractivity contribution is 0.0697. The zero-order valence-corrected chi connectivity index (χ0v) is 14.3. The summed E-state index contributed by atoms with van der Waals surface area (Å²) in [6.07, 6.45) is 0. The van der Waals surface area contributed by atoms with E-state index in [0.717, 1.165) is 11.1 Å². The van der Waals surface area contributed by atoms with Gasteiger partial charge in [-0.15, -0.1) is 0 Å². The van der Waals surface area contributed by atoms with Gasteiger partial charge in [0.25, 0.3) is 5.91 Å². The molecule has 27 heavy (non-hydrogen) atoms. The van der Waals surface area contributed by atoms with Gasteiger partial charge in [-0.05, 0) is 47.0 Å². The second-order valence-electron chi connectivity index (χ2n) is 5.96. The van der Waals surface area contributed by atoms with Crippen LogP contribution < -0.4 is 5.32 Å². The minimum Gasteiger partial charge on any atom is -0.478 e. The number of carboxylic acid groups (broad SMARTS) is 1. The molecule has 5 heteroatoms. The first-order valence-corrected chi connectivity index (χ1v) is 8.28. The maximum absolute atomic E-state index is 12.5. The van der Waals surface area contributed by atoms with Crippen molar-refractivity contribution in [3.8, 4) is 17.2 Å². The Labute approximate surface area is 156 Å². The maximum atomic E-state index is 12.5. The number of rotatable bonds is 5. The lowest BCUT2D eigenvalue weighted by Crippen LogP contribution is -2.23. The van der Waals surface area contributed by atoms with Crippen LogP contribution in [0, 0.1) is 11.3 Å². The fourth-order valence-corrected chi connectivity index (χ4v) is 2.66. The maximum Gasteiger partial charge on any atom is 0.335 e. The highest BCUT2D eigenvalue weighted by Gasteiger charge is 2.13. The lowest BCUT2D eigenvalue weighted by Gasteiger charge is -2.09. The number of amides is 1. The fourth-order valence-electron chi connectivity index (χ4n) is 2.66. The predicted molar refractivity (Wildman–Crippen MR) is 101 cm³/mol. The largest absolute Gasteiger partial charge is 0.478 e. The van der Waals surface area contributed by atoms with Gasteiger partial charge in [-0.25, -0.2) is 4.79 Å². The minimum absolute atomic E-state index is 0.0554. The molecule has 0 aliphatic carbocycles. The Bertz CT molecular complexity index is 1020. The van der Waals surface area contributed by atoms with Gasteiger partial charge in [-0.2, -0.15) is 5.26 Å². The van der Waals surface area contributed by atoms with E-state index < -0.39 is 5.97 Å². The van der Waals surface area contributed by atoms with Crippen molar-refractivity contribution in [1.82, 2.24) is 5.32 Å². The topological polar surface area (TPSA) is 90.2 Å². The third-order valence-electron chi connectivity index (χ3n) is 4.09. The second kappa shape index (κ2) is 7.98. The number of carboxylic acids is 1. The zero-order valence-electron chi connectivity index (χ0n) is 14.3. The van der Waals surface area contributed by atoms with Gasteiger partial charge in [0.15, 0.2) is 0 Å². The van der Waals surface area contributed by atoms with Crippen molar-refractivity contribution in [2.75, 3.05) is 0 Å². The van der Waals surface area contributed by atoms with E-state index in [2.05, 4.69) is 5.32 Å². The van der Waals surface area contributed by atoms with Crippen LogP contribution in [0.15, 0.2) is 72.8 Å². The highest BCUT2D eigenvalue weighted by molar-refractivity contribution is 5.99. The van der Waals surface area contributed by atoms with Gasteiger partial charge in [-0.3, -0.25) is 4.79 Å². The first-order chi connectivity index (χ1) is 13.1. The molecule has 0 heterocycles. The molecule has 0 fully saturated rings. The molecule has 3 rings (SSSR count). The summed E-state index contributed by atoms with van der Waals surface area (Å²) < 4.78 is 0. The van der Waals surface area contributed by atoms with Crippen molar-refractivity contribution >= 4 is 11.9 Å². The number of hydrogen-bond donors (Lipinski definition) is 2. The molecule has 0 aliphatic rings. The van der Waals surface area contributed by atoms with Crippen LogP contribution in [0.4, 0.5) is 0 Å². The van der Waals surface area contributed by atoms with Crippen molar-refractivity contribution in [3.63, 3.8) is 0 Å². The Balaban J connectivity index is 1.83. The number of hydrogen-bond acceptors (Lipinski definition) is 3. The SMILES string of the molecule is N#Cc1ccc(CNC(=O)c2cc(C(=O)O)cc(-c3ccccc3)c2)cc1. The number of nitrogens with zero attached hydrogens (tertiary/aromatic N) is 1. The van der Waals surface area contributed by atoms with Crippen molar-refractivity contribution in [3.05, 3.63) is 95.1 Å². The van der Waals surface area contributed by atoms with E-state index in [9.17, 15) is 14.7 Å². The Morgan fingerprint density at radius 3 is 2.19 bits per heavy atom. The van der Waals surface area contributed by atoms with Crippen LogP contribution in [0.1, 0.15) is 31.8 Å². The summed E-state index contributed by atoms with van der Waals surface area (Å²) in [5, 5.41) is 21.0. The normalized spacial score (nSPS) is 10.0. The van der Waals surface area contributed by atoms with E-state index in [1.807, 2.05) is 36.4 Å². The highest BCUT2D eigenvalue weighted by Crippen LogP contribution is 2.22. The van der Waals surface area contributed by atoms with E-state index >= 15 is 0 Å². The Hall–Kier alpha value is -3.91.